The number of anilines is 1. The SMILES string of the molecule is Cc1cc(Cl)ccc1OCC(=O)Nc1ccc2c(c1)C(=O)c1ccccc1C2=O. The van der Waals surface area contributed by atoms with E-state index in [1.807, 2.05) is 6.92 Å². The third-order valence-electron chi connectivity index (χ3n) is 4.70. The minimum absolute atomic E-state index is 0.199. The van der Waals surface area contributed by atoms with Crippen molar-refractivity contribution in [2.24, 2.45) is 0 Å². The molecule has 0 aromatic heterocycles. The van der Waals surface area contributed by atoms with Crippen LogP contribution < -0.4 is 10.1 Å². The highest BCUT2D eigenvalue weighted by Gasteiger charge is 2.29. The normalized spacial score (nSPS) is 12.2. The first-order chi connectivity index (χ1) is 13.9. The number of rotatable bonds is 4. The van der Waals surface area contributed by atoms with Crippen molar-refractivity contribution >= 4 is 34.8 Å². The van der Waals surface area contributed by atoms with Crippen molar-refractivity contribution < 1.29 is 19.1 Å². The van der Waals surface area contributed by atoms with Gasteiger partial charge in [0.1, 0.15) is 5.75 Å². The van der Waals surface area contributed by atoms with E-state index in [-0.39, 0.29) is 29.6 Å². The Kier molecular flexibility index (Phi) is 4.91. The minimum atomic E-state index is -0.380. The molecule has 1 amide bonds. The summed E-state index contributed by atoms with van der Waals surface area (Å²) >= 11 is 5.91. The molecule has 1 N–H and O–H groups in total. The van der Waals surface area contributed by atoms with E-state index < -0.39 is 0 Å². The lowest BCUT2D eigenvalue weighted by atomic mass is 9.84. The predicted molar refractivity (Wildman–Crippen MR) is 110 cm³/mol. The molecule has 0 saturated carbocycles. The second-order valence-corrected chi connectivity index (χ2v) is 7.15. The molecule has 29 heavy (non-hydrogen) atoms. The van der Waals surface area contributed by atoms with Crippen LogP contribution in [0.5, 0.6) is 5.75 Å². The molecule has 0 aliphatic heterocycles. The van der Waals surface area contributed by atoms with Gasteiger partial charge in [0.05, 0.1) is 0 Å². The number of carbonyl (C=O) groups excluding carboxylic acids is 3. The van der Waals surface area contributed by atoms with Crippen molar-refractivity contribution in [1.29, 1.82) is 0 Å². The molecule has 4 rings (SSSR count). The molecule has 1 aliphatic rings. The van der Waals surface area contributed by atoms with E-state index in [1.54, 1.807) is 54.6 Å². The van der Waals surface area contributed by atoms with Gasteiger partial charge in [-0.25, -0.2) is 0 Å². The van der Waals surface area contributed by atoms with Gasteiger partial charge in [0.15, 0.2) is 18.2 Å². The van der Waals surface area contributed by atoms with Gasteiger partial charge >= 0.3 is 0 Å². The maximum Gasteiger partial charge on any atom is 0.262 e. The van der Waals surface area contributed by atoms with Crippen molar-refractivity contribution in [2.75, 3.05) is 11.9 Å². The van der Waals surface area contributed by atoms with Gasteiger partial charge in [0.2, 0.25) is 0 Å². The van der Waals surface area contributed by atoms with Crippen LogP contribution in [-0.2, 0) is 4.79 Å². The third kappa shape index (κ3) is 3.65. The van der Waals surface area contributed by atoms with Gasteiger partial charge in [-0.05, 0) is 48.9 Å². The van der Waals surface area contributed by atoms with Crippen molar-refractivity contribution in [1.82, 2.24) is 0 Å². The zero-order chi connectivity index (χ0) is 20.5. The van der Waals surface area contributed by atoms with Gasteiger partial charge in [-0.15, -0.1) is 0 Å². The van der Waals surface area contributed by atoms with E-state index in [1.165, 1.54) is 6.07 Å². The Balaban J connectivity index is 1.50. The summed E-state index contributed by atoms with van der Waals surface area (Å²) in [4.78, 5) is 37.7. The lowest BCUT2D eigenvalue weighted by Gasteiger charge is -2.18. The van der Waals surface area contributed by atoms with Crippen LogP contribution in [0.3, 0.4) is 0 Å². The largest absolute Gasteiger partial charge is 0.483 e. The number of amides is 1. The maximum atomic E-state index is 12.8. The van der Waals surface area contributed by atoms with Crippen molar-refractivity contribution in [3.05, 3.63) is 93.5 Å². The van der Waals surface area contributed by atoms with Crippen LogP contribution in [0.15, 0.2) is 60.7 Å². The number of hydrogen-bond donors (Lipinski definition) is 1. The van der Waals surface area contributed by atoms with Gasteiger partial charge in [-0.3, -0.25) is 14.4 Å². The zero-order valence-corrected chi connectivity index (χ0v) is 16.2. The quantitative estimate of drug-likeness (QED) is 0.544. The fraction of sp³-hybridized carbons (Fsp3) is 0.0870. The van der Waals surface area contributed by atoms with E-state index in [2.05, 4.69) is 5.32 Å². The number of ketones is 2. The Bertz CT molecular complexity index is 1170. The molecule has 144 valence electrons. The summed E-state index contributed by atoms with van der Waals surface area (Å²) in [6, 6.07) is 16.5. The molecule has 0 heterocycles. The Morgan fingerprint density at radius 3 is 2.24 bits per heavy atom. The summed E-state index contributed by atoms with van der Waals surface area (Å²) < 4.78 is 5.53. The summed E-state index contributed by atoms with van der Waals surface area (Å²) in [5.41, 5.74) is 2.62. The molecule has 6 heteroatoms. The Morgan fingerprint density at radius 1 is 0.897 bits per heavy atom. The van der Waals surface area contributed by atoms with Crippen LogP contribution in [-0.4, -0.2) is 24.1 Å². The molecule has 5 nitrogen and oxygen atoms in total. The van der Waals surface area contributed by atoms with Crippen LogP contribution in [0.25, 0.3) is 0 Å². The van der Waals surface area contributed by atoms with E-state index in [0.29, 0.717) is 33.1 Å². The molecule has 0 saturated heterocycles. The van der Waals surface area contributed by atoms with Crippen LogP contribution in [0, 0.1) is 6.92 Å². The second kappa shape index (κ2) is 7.53. The Labute approximate surface area is 172 Å². The highest BCUT2D eigenvalue weighted by atomic mass is 35.5. The molecule has 3 aromatic carbocycles. The highest BCUT2D eigenvalue weighted by molar-refractivity contribution is 6.30. The molecule has 0 bridgehead atoms. The summed E-state index contributed by atoms with van der Waals surface area (Å²) in [6.07, 6.45) is 0. The van der Waals surface area contributed by atoms with Crippen LogP contribution >= 0.6 is 11.6 Å². The molecule has 0 radical (unpaired) electrons. The number of aryl methyl sites for hydroxylation is 1. The highest BCUT2D eigenvalue weighted by Crippen LogP contribution is 2.29. The van der Waals surface area contributed by atoms with E-state index in [4.69, 9.17) is 16.3 Å². The smallest absolute Gasteiger partial charge is 0.262 e. The molecule has 1 aliphatic carbocycles. The average molecular weight is 406 g/mol. The van der Waals surface area contributed by atoms with Gasteiger partial charge < -0.3 is 10.1 Å². The standard InChI is InChI=1S/C23H16ClNO4/c1-13-10-14(24)6-9-20(13)29-12-21(26)25-15-7-8-18-19(11-15)23(28)17-5-3-2-4-16(17)22(18)27/h2-11H,12H2,1H3,(H,25,26). The zero-order valence-electron chi connectivity index (χ0n) is 15.5. The number of nitrogens with one attached hydrogen (secondary N) is 1. The summed E-state index contributed by atoms with van der Waals surface area (Å²) in [5, 5.41) is 3.29. The number of fused-ring (bicyclic) bond motifs is 2. The number of hydrogen-bond acceptors (Lipinski definition) is 4. The minimum Gasteiger partial charge on any atom is -0.483 e. The molecular formula is C23H16ClNO4. The first-order valence-corrected chi connectivity index (χ1v) is 9.33. The number of benzene rings is 3. The number of ether oxygens (including phenoxy) is 1. The summed E-state index contributed by atoms with van der Waals surface area (Å²) in [5.74, 6) is -0.254. The lowest BCUT2D eigenvalue weighted by molar-refractivity contribution is -0.118. The molecule has 0 fully saturated rings. The molecular weight excluding hydrogens is 390 g/mol. The third-order valence-corrected chi connectivity index (χ3v) is 4.94. The van der Waals surface area contributed by atoms with Crippen LogP contribution in [0.4, 0.5) is 5.69 Å². The number of halogens is 1. The number of carbonyl (C=O) groups is 3. The van der Waals surface area contributed by atoms with E-state index in [9.17, 15) is 14.4 Å². The van der Waals surface area contributed by atoms with Crippen molar-refractivity contribution in [3.8, 4) is 5.75 Å². The topological polar surface area (TPSA) is 72.5 Å². The lowest BCUT2D eigenvalue weighted by Crippen LogP contribution is -2.23. The van der Waals surface area contributed by atoms with Gasteiger partial charge in [-0.2, -0.15) is 0 Å². The average Bonchev–Trinajstić information content (AvgIpc) is 2.71. The van der Waals surface area contributed by atoms with Gasteiger partial charge in [0.25, 0.3) is 5.91 Å². The second-order valence-electron chi connectivity index (χ2n) is 6.71. The fourth-order valence-corrected chi connectivity index (χ4v) is 3.52. The Morgan fingerprint density at radius 2 is 1.55 bits per heavy atom. The summed E-state index contributed by atoms with van der Waals surface area (Å²) in [6.45, 7) is 1.64. The fourth-order valence-electron chi connectivity index (χ4n) is 3.29. The molecule has 3 aromatic rings. The first-order valence-electron chi connectivity index (χ1n) is 8.95. The molecule has 0 spiro atoms. The van der Waals surface area contributed by atoms with Gasteiger partial charge in [0, 0.05) is 33.0 Å². The molecule has 0 atom stereocenters. The predicted octanol–water partition coefficient (Wildman–Crippen LogP) is 4.44. The van der Waals surface area contributed by atoms with Crippen LogP contribution in [0.2, 0.25) is 5.02 Å². The van der Waals surface area contributed by atoms with E-state index >= 15 is 0 Å². The van der Waals surface area contributed by atoms with E-state index in [0.717, 1.165) is 5.56 Å². The first kappa shape index (κ1) is 18.9. The van der Waals surface area contributed by atoms with Crippen molar-refractivity contribution in [3.63, 3.8) is 0 Å². The van der Waals surface area contributed by atoms with Gasteiger partial charge in [-0.1, -0.05) is 35.9 Å². The monoisotopic (exact) mass is 405 g/mol. The maximum absolute atomic E-state index is 12.8. The molecule has 0 unspecified atom stereocenters. The summed E-state index contributed by atoms with van der Waals surface area (Å²) in [7, 11) is 0. The van der Waals surface area contributed by atoms with Crippen LogP contribution in [0.1, 0.15) is 37.4 Å². The van der Waals surface area contributed by atoms with Crippen molar-refractivity contribution in [2.45, 2.75) is 6.92 Å². The Hall–Kier alpha value is -3.44.